The summed E-state index contributed by atoms with van der Waals surface area (Å²) in [7, 11) is 3.07. The molecule has 0 saturated carbocycles. The standard InChI is InChI=1S/C18H19BrFNO4/c1-24-14-5-3-12(17(10-14)25-2)11-21(7-8-22)18(23)15-9-13(19)4-6-16(15)20/h3-6,9-10,22H,7-8,11H2,1-2H3. The zero-order chi connectivity index (χ0) is 18.4. The summed E-state index contributed by atoms with van der Waals surface area (Å²) in [5.41, 5.74) is 0.663. The molecule has 5 nitrogen and oxygen atoms in total. The van der Waals surface area contributed by atoms with Crippen molar-refractivity contribution in [2.45, 2.75) is 6.54 Å². The summed E-state index contributed by atoms with van der Waals surface area (Å²) >= 11 is 3.24. The fraction of sp³-hybridized carbons (Fsp3) is 0.278. The van der Waals surface area contributed by atoms with Crippen molar-refractivity contribution in [3.05, 3.63) is 57.8 Å². The number of halogens is 2. The molecule has 1 N–H and O–H groups in total. The van der Waals surface area contributed by atoms with Crippen LogP contribution in [-0.2, 0) is 6.54 Å². The maximum Gasteiger partial charge on any atom is 0.257 e. The molecular weight excluding hydrogens is 393 g/mol. The van der Waals surface area contributed by atoms with E-state index in [4.69, 9.17) is 9.47 Å². The summed E-state index contributed by atoms with van der Waals surface area (Å²) in [5, 5.41) is 9.29. The van der Waals surface area contributed by atoms with Gasteiger partial charge in [0.2, 0.25) is 0 Å². The molecule has 0 heterocycles. The van der Waals surface area contributed by atoms with Gasteiger partial charge in [0, 0.05) is 29.2 Å². The van der Waals surface area contributed by atoms with Crippen molar-refractivity contribution >= 4 is 21.8 Å². The van der Waals surface area contributed by atoms with E-state index in [1.807, 2.05) is 0 Å². The number of aliphatic hydroxyl groups excluding tert-OH is 1. The Balaban J connectivity index is 2.32. The largest absolute Gasteiger partial charge is 0.497 e. The molecule has 0 aromatic heterocycles. The minimum absolute atomic E-state index is 0.0599. The van der Waals surface area contributed by atoms with Crippen LogP contribution in [0.4, 0.5) is 4.39 Å². The van der Waals surface area contributed by atoms with E-state index in [1.165, 1.54) is 30.2 Å². The number of methoxy groups -OCH3 is 2. The van der Waals surface area contributed by atoms with E-state index >= 15 is 0 Å². The zero-order valence-corrected chi connectivity index (χ0v) is 15.5. The molecule has 0 atom stereocenters. The second-order valence-electron chi connectivity index (χ2n) is 5.25. The Hall–Kier alpha value is -2.12. The van der Waals surface area contributed by atoms with Gasteiger partial charge in [0.15, 0.2) is 0 Å². The number of hydrogen-bond donors (Lipinski definition) is 1. The Bertz CT molecular complexity index is 754. The second kappa shape index (κ2) is 8.82. The molecule has 0 aliphatic heterocycles. The van der Waals surface area contributed by atoms with Crippen LogP contribution in [0.1, 0.15) is 15.9 Å². The summed E-state index contributed by atoms with van der Waals surface area (Å²) in [5.74, 6) is 0.0482. The number of aliphatic hydroxyl groups is 1. The van der Waals surface area contributed by atoms with Crippen LogP contribution in [0, 0.1) is 5.82 Å². The van der Waals surface area contributed by atoms with Crippen LogP contribution >= 0.6 is 15.9 Å². The first-order chi connectivity index (χ1) is 12.0. The Morgan fingerprint density at radius 2 is 1.96 bits per heavy atom. The van der Waals surface area contributed by atoms with Crippen molar-refractivity contribution < 1.29 is 23.8 Å². The lowest BCUT2D eigenvalue weighted by molar-refractivity contribution is 0.0701. The van der Waals surface area contributed by atoms with Crippen LogP contribution in [0.5, 0.6) is 11.5 Å². The van der Waals surface area contributed by atoms with Gasteiger partial charge in [-0.3, -0.25) is 4.79 Å². The van der Waals surface area contributed by atoms with E-state index in [1.54, 1.807) is 25.3 Å². The molecule has 2 aromatic rings. The highest BCUT2D eigenvalue weighted by Crippen LogP contribution is 2.26. The maximum atomic E-state index is 14.0. The lowest BCUT2D eigenvalue weighted by atomic mass is 10.1. The predicted octanol–water partition coefficient (Wildman–Crippen LogP) is 3.24. The lowest BCUT2D eigenvalue weighted by Gasteiger charge is -2.23. The monoisotopic (exact) mass is 411 g/mol. The molecule has 134 valence electrons. The second-order valence-corrected chi connectivity index (χ2v) is 6.17. The number of hydrogen-bond acceptors (Lipinski definition) is 4. The molecular formula is C18H19BrFNO4. The van der Waals surface area contributed by atoms with Gasteiger partial charge in [-0.25, -0.2) is 4.39 Å². The minimum atomic E-state index is -0.613. The third-order valence-corrected chi connectivity index (χ3v) is 4.16. The molecule has 0 radical (unpaired) electrons. The van der Waals surface area contributed by atoms with Crippen molar-refractivity contribution in [1.29, 1.82) is 0 Å². The number of amides is 1. The van der Waals surface area contributed by atoms with E-state index in [0.717, 1.165) is 5.56 Å². The van der Waals surface area contributed by atoms with E-state index in [0.29, 0.717) is 16.0 Å². The number of carbonyl (C=O) groups excluding carboxylic acids is 1. The van der Waals surface area contributed by atoms with Gasteiger partial charge in [0.25, 0.3) is 5.91 Å². The van der Waals surface area contributed by atoms with Gasteiger partial charge < -0.3 is 19.5 Å². The number of rotatable bonds is 7. The quantitative estimate of drug-likeness (QED) is 0.759. The topological polar surface area (TPSA) is 59.0 Å². The number of carbonyl (C=O) groups is 1. The Morgan fingerprint density at radius 1 is 1.20 bits per heavy atom. The van der Waals surface area contributed by atoms with E-state index < -0.39 is 11.7 Å². The fourth-order valence-corrected chi connectivity index (χ4v) is 2.75. The Morgan fingerprint density at radius 3 is 2.60 bits per heavy atom. The van der Waals surface area contributed by atoms with Crippen molar-refractivity contribution in [2.75, 3.05) is 27.4 Å². The molecule has 25 heavy (non-hydrogen) atoms. The van der Waals surface area contributed by atoms with Crippen LogP contribution in [0.25, 0.3) is 0 Å². The van der Waals surface area contributed by atoms with E-state index in [9.17, 15) is 14.3 Å². The molecule has 0 saturated heterocycles. The summed E-state index contributed by atoms with van der Waals surface area (Å²) in [6.07, 6.45) is 0. The molecule has 2 aromatic carbocycles. The fourth-order valence-electron chi connectivity index (χ4n) is 2.39. The van der Waals surface area contributed by atoms with Crippen LogP contribution < -0.4 is 9.47 Å². The smallest absolute Gasteiger partial charge is 0.257 e. The molecule has 0 unspecified atom stereocenters. The number of benzene rings is 2. The van der Waals surface area contributed by atoms with Gasteiger partial charge in [-0.1, -0.05) is 15.9 Å². The molecule has 0 spiro atoms. The van der Waals surface area contributed by atoms with Crippen LogP contribution in [0.2, 0.25) is 0 Å². The van der Waals surface area contributed by atoms with Gasteiger partial charge in [0.05, 0.1) is 26.4 Å². The first kappa shape index (κ1) is 19.2. The van der Waals surface area contributed by atoms with E-state index in [-0.39, 0.29) is 25.3 Å². The molecule has 0 aliphatic carbocycles. The summed E-state index contributed by atoms with van der Waals surface area (Å²) in [6, 6.07) is 9.40. The highest BCUT2D eigenvalue weighted by Gasteiger charge is 2.21. The molecule has 7 heteroatoms. The Labute approximate surface area is 154 Å². The van der Waals surface area contributed by atoms with Crippen LogP contribution in [0.15, 0.2) is 40.9 Å². The molecule has 0 fully saturated rings. The first-order valence-electron chi connectivity index (χ1n) is 7.56. The van der Waals surface area contributed by atoms with Crippen LogP contribution in [-0.4, -0.2) is 43.3 Å². The van der Waals surface area contributed by atoms with Gasteiger partial charge in [-0.15, -0.1) is 0 Å². The molecule has 2 rings (SSSR count). The van der Waals surface area contributed by atoms with Crippen molar-refractivity contribution in [2.24, 2.45) is 0 Å². The third-order valence-electron chi connectivity index (χ3n) is 3.67. The van der Waals surface area contributed by atoms with Crippen molar-refractivity contribution in [3.63, 3.8) is 0 Å². The van der Waals surface area contributed by atoms with Gasteiger partial charge in [-0.2, -0.15) is 0 Å². The van der Waals surface area contributed by atoms with Crippen LogP contribution in [0.3, 0.4) is 0 Å². The van der Waals surface area contributed by atoms with Gasteiger partial charge >= 0.3 is 0 Å². The molecule has 1 amide bonds. The average Bonchev–Trinajstić information content (AvgIpc) is 2.63. The van der Waals surface area contributed by atoms with Crippen molar-refractivity contribution in [1.82, 2.24) is 4.90 Å². The first-order valence-corrected chi connectivity index (χ1v) is 8.35. The SMILES string of the molecule is COc1ccc(CN(CCO)C(=O)c2cc(Br)ccc2F)c(OC)c1. The molecule has 0 bridgehead atoms. The van der Waals surface area contributed by atoms with Gasteiger partial charge in [-0.05, 0) is 30.3 Å². The number of ether oxygens (including phenoxy) is 2. The minimum Gasteiger partial charge on any atom is -0.497 e. The Kier molecular flexibility index (Phi) is 6.78. The summed E-state index contributed by atoms with van der Waals surface area (Å²) < 4.78 is 25.1. The zero-order valence-electron chi connectivity index (χ0n) is 14.0. The highest BCUT2D eigenvalue weighted by molar-refractivity contribution is 9.10. The predicted molar refractivity (Wildman–Crippen MR) is 95.5 cm³/mol. The molecule has 0 aliphatic rings. The number of nitrogens with zero attached hydrogens (tertiary/aromatic N) is 1. The van der Waals surface area contributed by atoms with Gasteiger partial charge in [0.1, 0.15) is 17.3 Å². The van der Waals surface area contributed by atoms with Crippen molar-refractivity contribution in [3.8, 4) is 11.5 Å². The third kappa shape index (κ3) is 4.70. The average molecular weight is 412 g/mol. The summed E-state index contributed by atoms with van der Waals surface area (Å²) in [4.78, 5) is 14.1. The summed E-state index contributed by atoms with van der Waals surface area (Å²) in [6.45, 7) is -0.00167. The highest BCUT2D eigenvalue weighted by atomic mass is 79.9. The van der Waals surface area contributed by atoms with E-state index in [2.05, 4.69) is 15.9 Å². The normalized spacial score (nSPS) is 10.4. The maximum absolute atomic E-state index is 14.0. The lowest BCUT2D eigenvalue weighted by Crippen LogP contribution is -2.33.